The number of rotatable bonds is 6. The van der Waals surface area contributed by atoms with Gasteiger partial charge in [0.05, 0.1) is 18.4 Å². The van der Waals surface area contributed by atoms with Crippen LogP contribution in [0.5, 0.6) is 0 Å². The molecule has 2 aromatic rings. The largest absolute Gasteiger partial charge is 0.372 e. The molecule has 0 bridgehead atoms. The highest BCUT2D eigenvalue weighted by Crippen LogP contribution is 2.08. The molecule has 0 amide bonds. The lowest BCUT2D eigenvalue weighted by molar-refractivity contribution is 0.637. The van der Waals surface area contributed by atoms with Crippen LogP contribution in [0.2, 0.25) is 0 Å². The summed E-state index contributed by atoms with van der Waals surface area (Å²) in [4.78, 5) is 14.0. The maximum Gasteiger partial charge on any atom is 0.269 e. The van der Waals surface area contributed by atoms with Crippen molar-refractivity contribution < 1.29 is 0 Å². The minimum Gasteiger partial charge on any atom is -0.372 e. The lowest BCUT2D eigenvalue weighted by atomic mass is 10.1. The SMILES string of the molecule is CCc1ccc(Cn2ncc(N(C)CCN)cc2=O)cc1. The minimum absolute atomic E-state index is 0.101. The van der Waals surface area contributed by atoms with E-state index in [0.717, 1.165) is 17.7 Å². The first kappa shape index (κ1) is 15.3. The molecule has 2 N–H and O–H groups in total. The molecule has 0 atom stereocenters. The standard InChI is InChI=1S/C16H22N4O/c1-3-13-4-6-14(7-5-13)12-20-16(21)10-15(11-18-20)19(2)9-8-17/h4-7,10-11H,3,8-9,12,17H2,1-2H3. The van der Waals surface area contributed by atoms with Crippen LogP contribution in [0.25, 0.3) is 0 Å². The molecule has 0 spiro atoms. The third-order valence-corrected chi connectivity index (χ3v) is 3.52. The summed E-state index contributed by atoms with van der Waals surface area (Å²) in [5.74, 6) is 0. The molecule has 21 heavy (non-hydrogen) atoms. The predicted molar refractivity (Wildman–Crippen MR) is 85.7 cm³/mol. The first-order valence-electron chi connectivity index (χ1n) is 7.20. The van der Waals surface area contributed by atoms with Gasteiger partial charge in [-0.25, -0.2) is 4.68 Å². The van der Waals surface area contributed by atoms with Crippen molar-refractivity contribution in [2.24, 2.45) is 5.73 Å². The van der Waals surface area contributed by atoms with Gasteiger partial charge >= 0.3 is 0 Å². The Morgan fingerprint density at radius 1 is 1.24 bits per heavy atom. The first-order chi connectivity index (χ1) is 10.1. The third kappa shape index (κ3) is 3.92. The van der Waals surface area contributed by atoms with Gasteiger partial charge < -0.3 is 10.6 Å². The zero-order valence-electron chi connectivity index (χ0n) is 12.6. The quantitative estimate of drug-likeness (QED) is 0.868. The van der Waals surface area contributed by atoms with Crippen molar-refractivity contribution in [2.45, 2.75) is 19.9 Å². The van der Waals surface area contributed by atoms with Crippen LogP contribution in [-0.2, 0) is 13.0 Å². The van der Waals surface area contributed by atoms with E-state index in [1.54, 1.807) is 12.3 Å². The van der Waals surface area contributed by atoms with E-state index in [1.165, 1.54) is 10.2 Å². The van der Waals surface area contributed by atoms with Crippen LogP contribution < -0.4 is 16.2 Å². The maximum atomic E-state index is 12.1. The summed E-state index contributed by atoms with van der Waals surface area (Å²) in [6.45, 7) is 3.86. The molecule has 0 saturated heterocycles. The zero-order chi connectivity index (χ0) is 15.2. The second-order valence-corrected chi connectivity index (χ2v) is 5.09. The van der Waals surface area contributed by atoms with Crippen molar-refractivity contribution in [3.8, 4) is 0 Å². The van der Waals surface area contributed by atoms with Gasteiger partial charge in [-0.2, -0.15) is 5.10 Å². The fourth-order valence-corrected chi connectivity index (χ4v) is 2.13. The van der Waals surface area contributed by atoms with Crippen LogP contribution in [0.3, 0.4) is 0 Å². The van der Waals surface area contributed by atoms with E-state index < -0.39 is 0 Å². The van der Waals surface area contributed by atoms with E-state index in [-0.39, 0.29) is 5.56 Å². The van der Waals surface area contributed by atoms with E-state index in [1.807, 2.05) is 24.1 Å². The summed E-state index contributed by atoms with van der Waals surface area (Å²) >= 11 is 0. The highest BCUT2D eigenvalue weighted by molar-refractivity contribution is 5.41. The Balaban J connectivity index is 2.15. The Hall–Kier alpha value is -2.14. The molecule has 0 radical (unpaired) electrons. The summed E-state index contributed by atoms with van der Waals surface area (Å²) in [6, 6.07) is 9.86. The Kier molecular flexibility index (Phi) is 5.11. The molecule has 5 heteroatoms. The third-order valence-electron chi connectivity index (χ3n) is 3.52. The van der Waals surface area contributed by atoms with Crippen molar-refractivity contribution in [3.63, 3.8) is 0 Å². The molecule has 0 aliphatic rings. The number of anilines is 1. The Morgan fingerprint density at radius 2 is 1.90 bits per heavy atom. The fourth-order valence-electron chi connectivity index (χ4n) is 2.13. The first-order valence-corrected chi connectivity index (χ1v) is 7.20. The number of nitrogens with zero attached hydrogens (tertiary/aromatic N) is 3. The maximum absolute atomic E-state index is 12.1. The summed E-state index contributed by atoms with van der Waals surface area (Å²) < 4.78 is 1.47. The number of hydrogen-bond acceptors (Lipinski definition) is 4. The summed E-state index contributed by atoms with van der Waals surface area (Å²) in [6.07, 6.45) is 2.72. The zero-order valence-corrected chi connectivity index (χ0v) is 12.6. The van der Waals surface area contributed by atoms with Crippen molar-refractivity contribution in [2.75, 3.05) is 25.0 Å². The molecular formula is C16H22N4O. The van der Waals surface area contributed by atoms with Crippen LogP contribution in [0.4, 0.5) is 5.69 Å². The van der Waals surface area contributed by atoms with Gasteiger partial charge in [-0.05, 0) is 17.5 Å². The van der Waals surface area contributed by atoms with Crippen LogP contribution in [0.15, 0.2) is 41.3 Å². The van der Waals surface area contributed by atoms with Crippen molar-refractivity contribution in [1.29, 1.82) is 0 Å². The molecule has 0 saturated carbocycles. The fraction of sp³-hybridized carbons (Fsp3) is 0.375. The molecule has 5 nitrogen and oxygen atoms in total. The van der Waals surface area contributed by atoms with Gasteiger partial charge in [-0.1, -0.05) is 31.2 Å². The van der Waals surface area contributed by atoms with Gasteiger partial charge in [0.15, 0.2) is 0 Å². The molecule has 0 fully saturated rings. The van der Waals surface area contributed by atoms with Crippen LogP contribution in [-0.4, -0.2) is 29.9 Å². The van der Waals surface area contributed by atoms with E-state index in [9.17, 15) is 4.79 Å². The number of aryl methyl sites for hydroxylation is 1. The molecule has 0 aliphatic carbocycles. The molecular weight excluding hydrogens is 264 g/mol. The number of hydrogen-bond donors (Lipinski definition) is 1. The van der Waals surface area contributed by atoms with Crippen molar-refractivity contribution in [1.82, 2.24) is 9.78 Å². The molecule has 0 aliphatic heterocycles. The molecule has 112 valence electrons. The topological polar surface area (TPSA) is 64.2 Å². The number of nitrogens with two attached hydrogens (primary N) is 1. The van der Waals surface area contributed by atoms with Gasteiger partial charge in [0.25, 0.3) is 5.56 Å². The van der Waals surface area contributed by atoms with E-state index in [0.29, 0.717) is 19.6 Å². The molecule has 2 rings (SSSR count). The average Bonchev–Trinajstić information content (AvgIpc) is 2.50. The van der Waals surface area contributed by atoms with Gasteiger partial charge in [-0.3, -0.25) is 4.79 Å². The molecule has 0 unspecified atom stereocenters. The highest BCUT2D eigenvalue weighted by atomic mass is 16.1. The van der Waals surface area contributed by atoms with E-state index in [4.69, 9.17) is 5.73 Å². The van der Waals surface area contributed by atoms with E-state index >= 15 is 0 Å². The van der Waals surface area contributed by atoms with Crippen molar-refractivity contribution in [3.05, 3.63) is 58.0 Å². The lowest BCUT2D eigenvalue weighted by Gasteiger charge is -2.17. The Morgan fingerprint density at radius 3 is 2.48 bits per heavy atom. The summed E-state index contributed by atoms with van der Waals surface area (Å²) in [7, 11) is 1.90. The second-order valence-electron chi connectivity index (χ2n) is 5.09. The molecule has 1 aromatic carbocycles. The Labute approximate surface area is 125 Å². The van der Waals surface area contributed by atoms with E-state index in [2.05, 4.69) is 24.2 Å². The number of likely N-dealkylation sites (N-methyl/N-ethyl adjacent to an activating group) is 1. The smallest absolute Gasteiger partial charge is 0.269 e. The van der Waals surface area contributed by atoms with Gasteiger partial charge in [0.2, 0.25) is 0 Å². The number of benzene rings is 1. The second kappa shape index (κ2) is 7.04. The molecule has 1 heterocycles. The van der Waals surface area contributed by atoms with Gasteiger partial charge in [0, 0.05) is 26.2 Å². The van der Waals surface area contributed by atoms with Crippen LogP contribution >= 0.6 is 0 Å². The van der Waals surface area contributed by atoms with Gasteiger partial charge in [-0.15, -0.1) is 0 Å². The Bertz CT molecular complexity index is 633. The van der Waals surface area contributed by atoms with Crippen molar-refractivity contribution >= 4 is 5.69 Å². The summed E-state index contributed by atoms with van der Waals surface area (Å²) in [5, 5.41) is 4.24. The average molecular weight is 286 g/mol. The van der Waals surface area contributed by atoms with Crippen LogP contribution in [0.1, 0.15) is 18.1 Å². The lowest BCUT2D eigenvalue weighted by Crippen LogP contribution is -2.29. The predicted octanol–water partition coefficient (Wildman–Crippen LogP) is 1.25. The monoisotopic (exact) mass is 286 g/mol. The number of aromatic nitrogens is 2. The normalized spacial score (nSPS) is 10.6. The highest BCUT2D eigenvalue weighted by Gasteiger charge is 2.05. The van der Waals surface area contributed by atoms with Crippen LogP contribution in [0, 0.1) is 0 Å². The molecule has 1 aromatic heterocycles. The minimum atomic E-state index is -0.101. The summed E-state index contributed by atoms with van der Waals surface area (Å²) in [5.41, 5.74) is 8.57. The van der Waals surface area contributed by atoms with Gasteiger partial charge in [0.1, 0.15) is 0 Å².